The molecule has 0 aromatic heterocycles. The van der Waals surface area contributed by atoms with E-state index in [1.807, 2.05) is 26.8 Å². The van der Waals surface area contributed by atoms with Crippen LogP contribution in [-0.2, 0) is 14.3 Å². The van der Waals surface area contributed by atoms with Crippen molar-refractivity contribution in [1.29, 1.82) is 0 Å². The number of ether oxygens (including phenoxy) is 1. The van der Waals surface area contributed by atoms with Gasteiger partial charge in [-0.25, -0.2) is 0 Å². The third-order valence-corrected chi connectivity index (χ3v) is 2.29. The Morgan fingerprint density at radius 3 is 2.39 bits per heavy atom. The van der Waals surface area contributed by atoms with Gasteiger partial charge in [0.05, 0.1) is 6.42 Å². The van der Waals surface area contributed by atoms with Gasteiger partial charge in [-0.05, 0) is 33.6 Å². The fraction of sp³-hybridized carbons (Fsp3) is 0.714. The van der Waals surface area contributed by atoms with Gasteiger partial charge in [0, 0.05) is 20.0 Å². The summed E-state index contributed by atoms with van der Waals surface area (Å²) in [6, 6.07) is 0. The van der Waals surface area contributed by atoms with E-state index >= 15 is 0 Å². The van der Waals surface area contributed by atoms with Gasteiger partial charge in [-0.15, -0.1) is 6.58 Å². The van der Waals surface area contributed by atoms with Crippen LogP contribution in [0.3, 0.4) is 0 Å². The predicted molar refractivity (Wildman–Crippen MR) is 72.1 cm³/mol. The summed E-state index contributed by atoms with van der Waals surface area (Å²) in [5.41, 5.74) is -0.490. The molecular weight excluding hydrogens is 230 g/mol. The molecule has 0 heterocycles. The van der Waals surface area contributed by atoms with E-state index in [-0.39, 0.29) is 24.7 Å². The van der Waals surface area contributed by atoms with E-state index < -0.39 is 5.60 Å². The number of amides is 1. The molecule has 0 aromatic rings. The zero-order valence-electron chi connectivity index (χ0n) is 12.0. The van der Waals surface area contributed by atoms with Crippen LogP contribution in [0.4, 0.5) is 0 Å². The van der Waals surface area contributed by atoms with Gasteiger partial charge in [0.1, 0.15) is 5.60 Å². The zero-order chi connectivity index (χ0) is 14.2. The molecule has 0 atom stereocenters. The minimum absolute atomic E-state index is 0.0232. The number of carbonyl (C=O) groups excluding carboxylic acids is 2. The summed E-state index contributed by atoms with van der Waals surface area (Å²) in [6.45, 7) is 9.77. The fourth-order valence-corrected chi connectivity index (χ4v) is 1.39. The summed E-state index contributed by atoms with van der Waals surface area (Å²) in [5.74, 6) is -0.347. The van der Waals surface area contributed by atoms with Crippen molar-refractivity contribution >= 4 is 11.9 Å². The van der Waals surface area contributed by atoms with Gasteiger partial charge in [0.2, 0.25) is 5.91 Å². The Kier molecular flexibility index (Phi) is 7.32. The van der Waals surface area contributed by atoms with Crippen LogP contribution in [0.5, 0.6) is 0 Å². The van der Waals surface area contributed by atoms with Gasteiger partial charge in [-0.1, -0.05) is 6.08 Å². The van der Waals surface area contributed by atoms with Gasteiger partial charge >= 0.3 is 5.97 Å². The van der Waals surface area contributed by atoms with Crippen molar-refractivity contribution in [2.45, 2.75) is 52.1 Å². The summed E-state index contributed by atoms with van der Waals surface area (Å²) in [4.78, 5) is 24.8. The van der Waals surface area contributed by atoms with Crippen LogP contribution in [0.15, 0.2) is 12.7 Å². The molecule has 0 saturated heterocycles. The highest BCUT2D eigenvalue weighted by Crippen LogP contribution is 2.09. The molecule has 18 heavy (non-hydrogen) atoms. The maximum atomic E-state index is 11.7. The molecule has 0 fully saturated rings. The highest BCUT2D eigenvalue weighted by molar-refractivity contribution is 5.81. The summed E-state index contributed by atoms with van der Waals surface area (Å²) in [7, 11) is 1.75. The van der Waals surface area contributed by atoms with Crippen LogP contribution in [0, 0.1) is 0 Å². The monoisotopic (exact) mass is 255 g/mol. The summed E-state index contributed by atoms with van der Waals surface area (Å²) >= 11 is 0. The highest BCUT2D eigenvalue weighted by atomic mass is 16.6. The molecule has 0 aliphatic carbocycles. The second kappa shape index (κ2) is 7.90. The molecule has 0 N–H and O–H groups in total. The predicted octanol–water partition coefficient (Wildman–Crippen LogP) is 2.53. The maximum Gasteiger partial charge on any atom is 0.306 e. The Balaban J connectivity index is 3.88. The van der Waals surface area contributed by atoms with E-state index in [1.165, 1.54) is 0 Å². The fourth-order valence-electron chi connectivity index (χ4n) is 1.39. The minimum Gasteiger partial charge on any atom is -0.460 e. The number of hydrogen-bond donors (Lipinski definition) is 0. The average molecular weight is 255 g/mol. The van der Waals surface area contributed by atoms with Gasteiger partial charge in [-0.3, -0.25) is 9.59 Å². The molecule has 0 saturated carbocycles. The number of nitrogens with zero attached hydrogens (tertiary/aromatic N) is 1. The van der Waals surface area contributed by atoms with Crippen LogP contribution in [0.25, 0.3) is 0 Å². The molecule has 1 amide bonds. The number of hydrogen-bond acceptors (Lipinski definition) is 3. The summed E-state index contributed by atoms with van der Waals surface area (Å²) in [5, 5.41) is 0. The Morgan fingerprint density at radius 2 is 1.89 bits per heavy atom. The van der Waals surface area contributed by atoms with Crippen molar-refractivity contribution < 1.29 is 14.3 Å². The summed E-state index contributed by atoms with van der Waals surface area (Å²) < 4.78 is 5.14. The standard InChI is InChI=1S/C14H25NO3/c1-6-7-8-11-15(5)12(16)9-10-13(17)18-14(2,3)4/h6H,1,7-11H2,2-5H3. The SMILES string of the molecule is C=CCCCN(C)C(=O)CCC(=O)OC(C)(C)C. The van der Waals surface area contributed by atoms with Crippen LogP contribution >= 0.6 is 0 Å². The molecule has 0 aliphatic heterocycles. The lowest BCUT2D eigenvalue weighted by Gasteiger charge is -2.20. The lowest BCUT2D eigenvalue weighted by Crippen LogP contribution is -2.29. The molecule has 0 bridgehead atoms. The first-order valence-corrected chi connectivity index (χ1v) is 6.33. The molecule has 0 aromatic carbocycles. The Morgan fingerprint density at radius 1 is 1.28 bits per heavy atom. The first kappa shape index (κ1) is 16.7. The van der Waals surface area contributed by atoms with E-state index in [0.29, 0.717) is 6.54 Å². The second-order valence-electron chi connectivity index (χ2n) is 5.33. The van der Waals surface area contributed by atoms with E-state index in [9.17, 15) is 9.59 Å². The quantitative estimate of drug-likeness (QED) is 0.399. The Labute approximate surface area is 110 Å². The average Bonchev–Trinajstić information content (AvgIpc) is 2.23. The number of carbonyl (C=O) groups is 2. The van der Waals surface area contributed by atoms with Crippen molar-refractivity contribution in [3.8, 4) is 0 Å². The number of esters is 1. The molecule has 0 rings (SSSR count). The molecule has 4 nitrogen and oxygen atoms in total. The van der Waals surface area contributed by atoms with Crippen molar-refractivity contribution in [3.63, 3.8) is 0 Å². The van der Waals surface area contributed by atoms with Crippen molar-refractivity contribution in [2.75, 3.05) is 13.6 Å². The first-order valence-electron chi connectivity index (χ1n) is 6.33. The number of unbranched alkanes of at least 4 members (excludes halogenated alkanes) is 1. The molecule has 104 valence electrons. The van der Waals surface area contributed by atoms with Crippen LogP contribution in [-0.4, -0.2) is 36.0 Å². The van der Waals surface area contributed by atoms with E-state index in [0.717, 1.165) is 12.8 Å². The summed E-state index contributed by atoms with van der Waals surface area (Å²) in [6.07, 6.45) is 3.97. The van der Waals surface area contributed by atoms with Gasteiger partial charge in [0.15, 0.2) is 0 Å². The van der Waals surface area contributed by atoms with Crippen LogP contribution in [0.2, 0.25) is 0 Å². The maximum absolute atomic E-state index is 11.7. The second-order valence-corrected chi connectivity index (χ2v) is 5.33. The van der Waals surface area contributed by atoms with E-state index in [2.05, 4.69) is 6.58 Å². The van der Waals surface area contributed by atoms with Crippen molar-refractivity contribution in [1.82, 2.24) is 4.90 Å². The molecule has 0 unspecified atom stereocenters. The van der Waals surface area contributed by atoms with Gasteiger partial charge in [0.25, 0.3) is 0 Å². The van der Waals surface area contributed by atoms with Gasteiger partial charge < -0.3 is 9.64 Å². The van der Waals surface area contributed by atoms with E-state index in [4.69, 9.17) is 4.74 Å². The highest BCUT2D eigenvalue weighted by Gasteiger charge is 2.18. The lowest BCUT2D eigenvalue weighted by molar-refractivity contribution is -0.156. The van der Waals surface area contributed by atoms with E-state index in [1.54, 1.807) is 11.9 Å². The molecule has 0 aliphatic rings. The van der Waals surface area contributed by atoms with Crippen LogP contribution in [0.1, 0.15) is 46.5 Å². The molecular formula is C14H25NO3. The molecule has 0 radical (unpaired) electrons. The lowest BCUT2D eigenvalue weighted by atomic mass is 10.2. The Bertz CT molecular complexity index is 292. The number of rotatable bonds is 7. The van der Waals surface area contributed by atoms with Crippen LogP contribution < -0.4 is 0 Å². The third-order valence-electron chi connectivity index (χ3n) is 2.29. The molecule has 0 spiro atoms. The largest absolute Gasteiger partial charge is 0.460 e. The third kappa shape index (κ3) is 8.79. The molecule has 4 heteroatoms. The minimum atomic E-state index is -0.490. The van der Waals surface area contributed by atoms with Crippen molar-refractivity contribution in [2.24, 2.45) is 0 Å². The normalized spacial score (nSPS) is 10.9. The number of allylic oxidation sites excluding steroid dienone is 1. The smallest absolute Gasteiger partial charge is 0.306 e. The van der Waals surface area contributed by atoms with Crippen molar-refractivity contribution in [3.05, 3.63) is 12.7 Å². The first-order chi connectivity index (χ1) is 8.26. The topological polar surface area (TPSA) is 46.6 Å². The zero-order valence-corrected chi connectivity index (χ0v) is 12.0. The Hall–Kier alpha value is -1.32. The van der Waals surface area contributed by atoms with Gasteiger partial charge in [-0.2, -0.15) is 0 Å².